The summed E-state index contributed by atoms with van der Waals surface area (Å²) in [5.74, 6) is 0.843. The van der Waals surface area contributed by atoms with Crippen LogP contribution >= 0.6 is 0 Å². The highest BCUT2D eigenvalue weighted by atomic mass is 16.1. The second-order valence-corrected chi connectivity index (χ2v) is 4.25. The third-order valence-corrected chi connectivity index (χ3v) is 3.46. The number of hydrogen-bond donors (Lipinski definition) is 1. The SMILES string of the molecule is O=CC1Nc2ccccc2C2C=CCC12. The number of carbonyl (C=O) groups is 1. The molecule has 1 N–H and O–H groups in total. The van der Waals surface area contributed by atoms with E-state index in [0.717, 1.165) is 18.4 Å². The van der Waals surface area contributed by atoms with Gasteiger partial charge in [-0.05, 0) is 24.0 Å². The van der Waals surface area contributed by atoms with Crippen molar-refractivity contribution in [2.24, 2.45) is 5.92 Å². The summed E-state index contributed by atoms with van der Waals surface area (Å²) in [5, 5.41) is 3.31. The summed E-state index contributed by atoms with van der Waals surface area (Å²) in [6.07, 6.45) is 6.48. The molecule has 15 heavy (non-hydrogen) atoms. The zero-order chi connectivity index (χ0) is 10.3. The third-order valence-electron chi connectivity index (χ3n) is 3.46. The average Bonchev–Trinajstić information content (AvgIpc) is 2.77. The van der Waals surface area contributed by atoms with E-state index in [1.165, 1.54) is 5.56 Å². The van der Waals surface area contributed by atoms with E-state index < -0.39 is 0 Å². The van der Waals surface area contributed by atoms with Crippen molar-refractivity contribution < 1.29 is 4.79 Å². The maximum Gasteiger partial charge on any atom is 0.142 e. The molecule has 0 saturated heterocycles. The van der Waals surface area contributed by atoms with E-state index >= 15 is 0 Å². The van der Waals surface area contributed by atoms with Crippen LogP contribution in [0.3, 0.4) is 0 Å². The van der Waals surface area contributed by atoms with E-state index in [4.69, 9.17) is 0 Å². The summed E-state index contributed by atoms with van der Waals surface area (Å²) >= 11 is 0. The van der Waals surface area contributed by atoms with Gasteiger partial charge in [0.25, 0.3) is 0 Å². The minimum absolute atomic E-state index is 0.0279. The highest BCUT2D eigenvalue weighted by molar-refractivity contribution is 5.70. The van der Waals surface area contributed by atoms with Crippen LogP contribution in [0.1, 0.15) is 17.9 Å². The number of hydrogen-bond acceptors (Lipinski definition) is 2. The normalized spacial score (nSPS) is 31.6. The van der Waals surface area contributed by atoms with Crippen molar-refractivity contribution in [1.82, 2.24) is 0 Å². The van der Waals surface area contributed by atoms with Crippen LogP contribution in [0.5, 0.6) is 0 Å². The highest BCUT2D eigenvalue weighted by Gasteiger charge is 2.36. The standard InChI is InChI=1S/C13H13NO/c15-8-13-11-6-3-5-9(11)10-4-1-2-7-12(10)14-13/h1-5,7-9,11,13-14H,6H2. The van der Waals surface area contributed by atoms with Gasteiger partial charge in [-0.3, -0.25) is 0 Å². The zero-order valence-corrected chi connectivity index (χ0v) is 8.39. The van der Waals surface area contributed by atoms with Gasteiger partial charge in [-0.2, -0.15) is 0 Å². The van der Waals surface area contributed by atoms with Gasteiger partial charge in [-0.1, -0.05) is 30.4 Å². The molecule has 3 rings (SSSR count). The number of aldehydes is 1. The van der Waals surface area contributed by atoms with Gasteiger partial charge in [0.2, 0.25) is 0 Å². The van der Waals surface area contributed by atoms with E-state index in [-0.39, 0.29) is 6.04 Å². The van der Waals surface area contributed by atoms with Gasteiger partial charge in [-0.15, -0.1) is 0 Å². The molecule has 1 heterocycles. The van der Waals surface area contributed by atoms with Crippen LogP contribution in [0.2, 0.25) is 0 Å². The molecule has 0 aromatic heterocycles. The lowest BCUT2D eigenvalue weighted by Gasteiger charge is -2.34. The number of carbonyl (C=O) groups excluding carboxylic acids is 1. The fourth-order valence-electron chi connectivity index (χ4n) is 2.72. The Morgan fingerprint density at radius 3 is 3.07 bits per heavy atom. The van der Waals surface area contributed by atoms with Gasteiger partial charge in [0, 0.05) is 11.6 Å². The Kier molecular flexibility index (Phi) is 1.88. The lowest BCUT2D eigenvalue weighted by Crippen LogP contribution is -2.36. The third kappa shape index (κ3) is 1.21. The predicted octanol–water partition coefficient (Wildman–Crippen LogP) is 2.34. The molecule has 1 aliphatic heterocycles. The maximum atomic E-state index is 11.0. The molecule has 1 aromatic carbocycles. The minimum atomic E-state index is -0.0279. The number of para-hydroxylation sites is 1. The molecule has 76 valence electrons. The lowest BCUT2D eigenvalue weighted by atomic mass is 9.80. The summed E-state index contributed by atoms with van der Waals surface area (Å²) < 4.78 is 0. The van der Waals surface area contributed by atoms with Crippen molar-refractivity contribution in [3.05, 3.63) is 42.0 Å². The van der Waals surface area contributed by atoms with Crippen molar-refractivity contribution in [3.8, 4) is 0 Å². The molecule has 0 bridgehead atoms. The molecule has 0 fully saturated rings. The Bertz CT molecular complexity index is 424. The predicted molar refractivity (Wildman–Crippen MR) is 59.9 cm³/mol. The van der Waals surface area contributed by atoms with Crippen molar-refractivity contribution in [3.63, 3.8) is 0 Å². The van der Waals surface area contributed by atoms with Crippen molar-refractivity contribution >= 4 is 12.0 Å². The first kappa shape index (κ1) is 8.72. The molecular weight excluding hydrogens is 186 g/mol. The fraction of sp³-hybridized carbons (Fsp3) is 0.308. The number of fused-ring (bicyclic) bond motifs is 3. The molecule has 0 spiro atoms. The van der Waals surface area contributed by atoms with Crippen LogP contribution in [-0.4, -0.2) is 12.3 Å². The number of allylic oxidation sites excluding steroid dienone is 2. The van der Waals surface area contributed by atoms with E-state index in [0.29, 0.717) is 11.8 Å². The maximum absolute atomic E-state index is 11.0. The first-order valence-corrected chi connectivity index (χ1v) is 5.37. The summed E-state index contributed by atoms with van der Waals surface area (Å²) in [6.45, 7) is 0. The van der Waals surface area contributed by atoms with E-state index in [2.05, 4.69) is 29.6 Å². The summed E-state index contributed by atoms with van der Waals surface area (Å²) in [6, 6.07) is 8.24. The zero-order valence-electron chi connectivity index (χ0n) is 8.39. The largest absolute Gasteiger partial charge is 0.375 e. The smallest absolute Gasteiger partial charge is 0.142 e. The molecule has 2 nitrogen and oxygen atoms in total. The minimum Gasteiger partial charge on any atom is -0.375 e. The van der Waals surface area contributed by atoms with Gasteiger partial charge in [0.15, 0.2) is 0 Å². The van der Waals surface area contributed by atoms with Gasteiger partial charge in [0.1, 0.15) is 6.29 Å². The summed E-state index contributed by atoms with van der Waals surface area (Å²) in [5.41, 5.74) is 2.44. The van der Waals surface area contributed by atoms with Gasteiger partial charge in [-0.25, -0.2) is 0 Å². The molecule has 0 amide bonds. The van der Waals surface area contributed by atoms with Gasteiger partial charge >= 0.3 is 0 Å². The Morgan fingerprint density at radius 1 is 1.33 bits per heavy atom. The molecular formula is C13H13NO. The monoisotopic (exact) mass is 199 g/mol. The molecule has 1 aromatic rings. The van der Waals surface area contributed by atoms with Crippen LogP contribution in [0, 0.1) is 5.92 Å². The molecule has 0 radical (unpaired) electrons. The number of benzene rings is 1. The lowest BCUT2D eigenvalue weighted by molar-refractivity contribution is -0.109. The van der Waals surface area contributed by atoms with Crippen LogP contribution in [0.4, 0.5) is 5.69 Å². The van der Waals surface area contributed by atoms with Crippen molar-refractivity contribution in [1.29, 1.82) is 0 Å². The molecule has 2 aliphatic rings. The average molecular weight is 199 g/mol. The summed E-state index contributed by atoms with van der Waals surface area (Å²) in [7, 11) is 0. The second-order valence-electron chi connectivity index (χ2n) is 4.25. The Hall–Kier alpha value is -1.57. The van der Waals surface area contributed by atoms with Gasteiger partial charge < -0.3 is 10.1 Å². The Labute approximate surface area is 89.0 Å². The highest BCUT2D eigenvalue weighted by Crippen LogP contribution is 2.43. The number of anilines is 1. The first-order valence-electron chi connectivity index (χ1n) is 5.37. The molecule has 2 heteroatoms. The van der Waals surface area contributed by atoms with E-state index in [9.17, 15) is 4.79 Å². The summed E-state index contributed by atoms with van der Waals surface area (Å²) in [4.78, 5) is 11.0. The first-order chi connectivity index (χ1) is 7.40. The second kappa shape index (κ2) is 3.23. The van der Waals surface area contributed by atoms with Crippen LogP contribution in [0.25, 0.3) is 0 Å². The Morgan fingerprint density at radius 2 is 2.20 bits per heavy atom. The van der Waals surface area contributed by atoms with Crippen LogP contribution in [-0.2, 0) is 4.79 Å². The van der Waals surface area contributed by atoms with Crippen LogP contribution < -0.4 is 5.32 Å². The van der Waals surface area contributed by atoms with Gasteiger partial charge in [0.05, 0.1) is 6.04 Å². The fourth-order valence-corrected chi connectivity index (χ4v) is 2.72. The topological polar surface area (TPSA) is 29.1 Å². The molecule has 0 saturated carbocycles. The Balaban J connectivity index is 2.09. The van der Waals surface area contributed by atoms with E-state index in [1.54, 1.807) is 0 Å². The van der Waals surface area contributed by atoms with E-state index in [1.807, 2.05) is 12.1 Å². The van der Waals surface area contributed by atoms with Crippen molar-refractivity contribution in [2.45, 2.75) is 18.4 Å². The molecule has 1 aliphatic carbocycles. The molecule has 3 unspecified atom stereocenters. The number of rotatable bonds is 1. The van der Waals surface area contributed by atoms with Crippen molar-refractivity contribution in [2.75, 3.05) is 5.32 Å². The quantitative estimate of drug-likeness (QED) is 0.555. The number of nitrogens with one attached hydrogen (secondary N) is 1. The van der Waals surface area contributed by atoms with Crippen LogP contribution in [0.15, 0.2) is 36.4 Å². The molecule has 3 atom stereocenters.